The highest BCUT2D eigenvalue weighted by atomic mass is 16.5. The van der Waals surface area contributed by atoms with Gasteiger partial charge in [-0.2, -0.15) is 0 Å². The fourth-order valence-corrected chi connectivity index (χ4v) is 2.71. The number of ether oxygens (including phenoxy) is 3. The highest BCUT2D eigenvalue weighted by molar-refractivity contribution is 5.94. The van der Waals surface area contributed by atoms with Gasteiger partial charge in [-0.1, -0.05) is 12.1 Å². The Balaban J connectivity index is 1.56. The van der Waals surface area contributed by atoms with Crippen LogP contribution in [0.15, 0.2) is 60.7 Å². The van der Waals surface area contributed by atoms with Gasteiger partial charge in [-0.25, -0.2) is 0 Å². The second-order valence-electron chi connectivity index (χ2n) is 6.42. The lowest BCUT2D eigenvalue weighted by Crippen LogP contribution is -2.30. The highest BCUT2D eigenvalue weighted by Gasteiger charge is 2.15. The summed E-state index contributed by atoms with van der Waals surface area (Å²) in [5.41, 5.74) is 2.29. The molecule has 0 spiro atoms. The summed E-state index contributed by atoms with van der Waals surface area (Å²) in [7, 11) is 0. The summed E-state index contributed by atoms with van der Waals surface area (Å²) in [6.45, 7) is 6.67. The second kappa shape index (κ2) is 10.2. The third-order valence-corrected chi connectivity index (χ3v) is 4.20. The first-order valence-electron chi connectivity index (χ1n) is 9.86. The van der Waals surface area contributed by atoms with Crippen LogP contribution < -0.4 is 19.5 Å². The summed E-state index contributed by atoms with van der Waals surface area (Å²) in [6, 6.07) is 18.2. The molecule has 1 aromatic heterocycles. The molecule has 1 N–H and O–H groups in total. The molecule has 0 bridgehead atoms. The molecular formula is C23H25N3O4. The topological polar surface area (TPSA) is 82.6 Å². The van der Waals surface area contributed by atoms with Crippen molar-refractivity contribution in [2.24, 2.45) is 0 Å². The lowest BCUT2D eigenvalue weighted by molar-refractivity contribution is -0.122. The maximum absolute atomic E-state index is 12.4. The van der Waals surface area contributed by atoms with Crippen LogP contribution in [0.25, 0.3) is 11.3 Å². The number of nitrogens with one attached hydrogen (secondary N) is 1. The van der Waals surface area contributed by atoms with E-state index in [1.807, 2.05) is 56.3 Å². The van der Waals surface area contributed by atoms with Gasteiger partial charge in [-0.15, -0.1) is 10.2 Å². The van der Waals surface area contributed by atoms with Gasteiger partial charge in [0.15, 0.2) is 6.10 Å². The number of hydrogen-bond acceptors (Lipinski definition) is 6. The van der Waals surface area contributed by atoms with Gasteiger partial charge in [0.05, 0.1) is 18.9 Å². The third-order valence-electron chi connectivity index (χ3n) is 4.20. The van der Waals surface area contributed by atoms with Crippen LogP contribution in [-0.4, -0.2) is 35.4 Å². The largest absolute Gasteiger partial charge is 0.494 e. The number of amides is 1. The fraction of sp³-hybridized carbons (Fsp3) is 0.261. The molecule has 7 heteroatoms. The summed E-state index contributed by atoms with van der Waals surface area (Å²) >= 11 is 0. The van der Waals surface area contributed by atoms with Crippen LogP contribution in [0.5, 0.6) is 17.4 Å². The molecule has 2 aromatic carbocycles. The first kappa shape index (κ1) is 21.1. The molecule has 0 aliphatic rings. The number of carbonyl (C=O) groups is 1. The standard InChI is InChI=1S/C23H25N3O4/c1-4-28-19-10-12-20(13-11-19)30-16(3)23(27)24-18-8-6-17(7-9-18)21-14-15-22(26-25-21)29-5-2/h6-16H,4-5H2,1-3H3,(H,24,27). The van der Waals surface area contributed by atoms with E-state index < -0.39 is 6.10 Å². The monoisotopic (exact) mass is 407 g/mol. The molecule has 0 aliphatic carbocycles. The molecule has 30 heavy (non-hydrogen) atoms. The van der Waals surface area contributed by atoms with Crippen molar-refractivity contribution >= 4 is 11.6 Å². The minimum Gasteiger partial charge on any atom is -0.494 e. The molecule has 1 heterocycles. The van der Waals surface area contributed by atoms with Gasteiger partial charge in [0.2, 0.25) is 5.88 Å². The molecule has 156 valence electrons. The quantitative estimate of drug-likeness (QED) is 0.568. The van der Waals surface area contributed by atoms with Crippen molar-refractivity contribution in [3.63, 3.8) is 0 Å². The molecule has 0 saturated carbocycles. The van der Waals surface area contributed by atoms with Crippen molar-refractivity contribution < 1.29 is 19.0 Å². The van der Waals surface area contributed by atoms with E-state index in [0.29, 0.717) is 30.5 Å². The van der Waals surface area contributed by atoms with E-state index in [0.717, 1.165) is 17.0 Å². The normalized spacial score (nSPS) is 11.4. The van der Waals surface area contributed by atoms with Gasteiger partial charge < -0.3 is 19.5 Å². The van der Waals surface area contributed by atoms with E-state index >= 15 is 0 Å². The number of benzene rings is 2. The van der Waals surface area contributed by atoms with Gasteiger partial charge in [-0.05, 0) is 63.2 Å². The molecule has 3 aromatic rings. The number of nitrogens with zero attached hydrogens (tertiary/aromatic N) is 2. The van der Waals surface area contributed by atoms with Crippen molar-refractivity contribution in [3.8, 4) is 28.6 Å². The third kappa shape index (κ3) is 5.70. The minimum atomic E-state index is -0.653. The lowest BCUT2D eigenvalue weighted by Gasteiger charge is -2.15. The Morgan fingerprint density at radius 1 is 0.867 bits per heavy atom. The zero-order valence-electron chi connectivity index (χ0n) is 17.3. The number of hydrogen-bond donors (Lipinski definition) is 1. The molecular weight excluding hydrogens is 382 g/mol. The fourth-order valence-electron chi connectivity index (χ4n) is 2.71. The van der Waals surface area contributed by atoms with Crippen LogP contribution in [0, 0.1) is 0 Å². The van der Waals surface area contributed by atoms with Crippen LogP contribution in [0.1, 0.15) is 20.8 Å². The maximum Gasteiger partial charge on any atom is 0.265 e. The Morgan fingerprint density at radius 3 is 2.13 bits per heavy atom. The zero-order valence-corrected chi connectivity index (χ0v) is 17.3. The van der Waals surface area contributed by atoms with Gasteiger partial charge in [0.1, 0.15) is 11.5 Å². The Hall–Kier alpha value is -3.61. The summed E-state index contributed by atoms with van der Waals surface area (Å²) in [4.78, 5) is 12.4. The zero-order chi connectivity index (χ0) is 21.3. The smallest absolute Gasteiger partial charge is 0.265 e. The van der Waals surface area contributed by atoms with Crippen molar-refractivity contribution in [2.45, 2.75) is 26.9 Å². The van der Waals surface area contributed by atoms with Crippen LogP contribution in [0.2, 0.25) is 0 Å². The van der Waals surface area contributed by atoms with Crippen LogP contribution in [0.4, 0.5) is 5.69 Å². The molecule has 3 rings (SSSR count). The highest BCUT2D eigenvalue weighted by Crippen LogP contribution is 2.21. The van der Waals surface area contributed by atoms with E-state index in [1.54, 1.807) is 25.1 Å². The summed E-state index contributed by atoms with van der Waals surface area (Å²) in [5.74, 6) is 1.62. The van der Waals surface area contributed by atoms with E-state index in [4.69, 9.17) is 14.2 Å². The molecule has 0 aliphatic heterocycles. The molecule has 1 amide bonds. The molecule has 1 atom stereocenters. The van der Waals surface area contributed by atoms with Crippen LogP contribution in [-0.2, 0) is 4.79 Å². The average Bonchev–Trinajstić information content (AvgIpc) is 2.76. The molecule has 0 radical (unpaired) electrons. The molecule has 7 nitrogen and oxygen atoms in total. The number of aromatic nitrogens is 2. The van der Waals surface area contributed by atoms with Gasteiger partial charge >= 0.3 is 0 Å². The minimum absolute atomic E-state index is 0.238. The Bertz CT molecular complexity index is 942. The summed E-state index contributed by atoms with van der Waals surface area (Å²) in [6.07, 6.45) is -0.653. The lowest BCUT2D eigenvalue weighted by atomic mass is 10.1. The Morgan fingerprint density at radius 2 is 1.53 bits per heavy atom. The first-order chi connectivity index (χ1) is 14.6. The van der Waals surface area contributed by atoms with E-state index in [2.05, 4.69) is 15.5 Å². The summed E-state index contributed by atoms with van der Waals surface area (Å²) in [5, 5.41) is 11.0. The predicted octanol–water partition coefficient (Wildman–Crippen LogP) is 4.35. The number of anilines is 1. The van der Waals surface area contributed by atoms with E-state index in [1.165, 1.54) is 0 Å². The van der Waals surface area contributed by atoms with E-state index in [9.17, 15) is 4.79 Å². The number of carbonyl (C=O) groups excluding carboxylic acids is 1. The summed E-state index contributed by atoms with van der Waals surface area (Å²) < 4.78 is 16.4. The number of rotatable bonds is 9. The van der Waals surface area contributed by atoms with Crippen LogP contribution >= 0.6 is 0 Å². The van der Waals surface area contributed by atoms with E-state index in [-0.39, 0.29) is 5.91 Å². The van der Waals surface area contributed by atoms with Crippen molar-refractivity contribution in [1.82, 2.24) is 10.2 Å². The van der Waals surface area contributed by atoms with Gasteiger partial charge in [-0.3, -0.25) is 4.79 Å². The SMILES string of the molecule is CCOc1ccc(OC(C)C(=O)Nc2ccc(-c3ccc(OCC)nn3)cc2)cc1. The molecule has 1 unspecified atom stereocenters. The van der Waals surface area contributed by atoms with Crippen molar-refractivity contribution in [3.05, 3.63) is 60.7 Å². The first-order valence-corrected chi connectivity index (χ1v) is 9.86. The van der Waals surface area contributed by atoms with Gasteiger partial charge in [0, 0.05) is 17.3 Å². The molecule has 0 fully saturated rings. The van der Waals surface area contributed by atoms with Gasteiger partial charge in [0.25, 0.3) is 5.91 Å². The average molecular weight is 407 g/mol. The Kier molecular flexibility index (Phi) is 7.21. The second-order valence-corrected chi connectivity index (χ2v) is 6.42. The Labute approximate surface area is 176 Å². The van der Waals surface area contributed by atoms with Crippen molar-refractivity contribution in [1.29, 1.82) is 0 Å². The van der Waals surface area contributed by atoms with Crippen molar-refractivity contribution in [2.75, 3.05) is 18.5 Å². The van der Waals surface area contributed by atoms with Crippen LogP contribution in [0.3, 0.4) is 0 Å². The molecule has 0 saturated heterocycles. The maximum atomic E-state index is 12.4. The predicted molar refractivity (Wildman–Crippen MR) is 115 cm³/mol.